The van der Waals surface area contributed by atoms with Gasteiger partial charge in [0.2, 0.25) is 10.0 Å². The van der Waals surface area contributed by atoms with E-state index in [1.807, 2.05) is 36.4 Å². The van der Waals surface area contributed by atoms with Crippen LogP contribution in [0.25, 0.3) is 0 Å². The van der Waals surface area contributed by atoms with E-state index in [2.05, 4.69) is 10.3 Å². The zero-order valence-electron chi connectivity index (χ0n) is 19.8. The third-order valence-electron chi connectivity index (χ3n) is 6.08. The normalized spacial score (nSPS) is 17.2. The van der Waals surface area contributed by atoms with E-state index < -0.39 is 34.0 Å². The number of pyridine rings is 1. The summed E-state index contributed by atoms with van der Waals surface area (Å²) in [7, 11) is -3.89. The molecule has 188 valence electrons. The zero-order valence-corrected chi connectivity index (χ0v) is 20.6. The van der Waals surface area contributed by atoms with Gasteiger partial charge in [0.1, 0.15) is 6.04 Å². The Morgan fingerprint density at radius 1 is 0.972 bits per heavy atom. The van der Waals surface area contributed by atoms with Gasteiger partial charge in [-0.15, -0.1) is 0 Å². The molecule has 0 bridgehead atoms. The van der Waals surface area contributed by atoms with Gasteiger partial charge in [-0.1, -0.05) is 54.6 Å². The first-order chi connectivity index (χ1) is 17.4. The fraction of sp³-hybridized carbons (Fsp3) is 0.296. The Bertz CT molecular complexity index is 1250. The standard InChI is InChI=1S/C27H29N3O5S/c31-26(29-20-22-12-9-16-28-19-22)25(18-21-10-3-1-4-11-21)35-27(32)24-15-7-8-17-30(24)36(33,34)23-13-5-2-6-14-23/h1-6,9-14,16,19,24-25H,7-8,15,17-18,20H2,(H,29,31)/t24-,25-/m0/s1. The molecule has 1 amide bonds. The van der Waals surface area contributed by atoms with Crippen LogP contribution < -0.4 is 5.32 Å². The second kappa shape index (κ2) is 11.9. The molecule has 8 nitrogen and oxygen atoms in total. The van der Waals surface area contributed by atoms with Crippen molar-refractivity contribution in [1.29, 1.82) is 0 Å². The van der Waals surface area contributed by atoms with Crippen molar-refractivity contribution < 1.29 is 22.7 Å². The van der Waals surface area contributed by atoms with E-state index in [1.165, 1.54) is 16.4 Å². The van der Waals surface area contributed by atoms with Crippen molar-refractivity contribution in [3.8, 4) is 0 Å². The van der Waals surface area contributed by atoms with E-state index in [4.69, 9.17) is 4.74 Å². The monoisotopic (exact) mass is 507 g/mol. The quantitative estimate of drug-likeness (QED) is 0.446. The third-order valence-corrected chi connectivity index (χ3v) is 8.00. The molecular weight excluding hydrogens is 478 g/mol. The van der Waals surface area contributed by atoms with E-state index >= 15 is 0 Å². The summed E-state index contributed by atoms with van der Waals surface area (Å²) >= 11 is 0. The maximum Gasteiger partial charge on any atom is 0.325 e. The Morgan fingerprint density at radius 3 is 2.36 bits per heavy atom. The van der Waals surface area contributed by atoms with Gasteiger partial charge < -0.3 is 10.1 Å². The van der Waals surface area contributed by atoms with E-state index in [0.717, 1.165) is 11.1 Å². The van der Waals surface area contributed by atoms with Crippen molar-refractivity contribution in [2.75, 3.05) is 6.54 Å². The topological polar surface area (TPSA) is 106 Å². The van der Waals surface area contributed by atoms with Gasteiger partial charge in [0.15, 0.2) is 6.10 Å². The second-order valence-corrected chi connectivity index (χ2v) is 10.5. The molecular formula is C27H29N3O5S. The first kappa shape index (κ1) is 25.5. The molecule has 1 aromatic heterocycles. The van der Waals surface area contributed by atoms with E-state index in [1.54, 1.807) is 36.7 Å². The highest BCUT2D eigenvalue weighted by molar-refractivity contribution is 7.89. The SMILES string of the molecule is O=C(NCc1cccnc1)[C@H](Cc1ccccc1)OC(=O)[C@@H]1CCCCN1S(=O)(=O)c1ccccc1. The molecule has 2 aromatic carbocycles. The van der Waals surface area contributed by atoms with Crippen molar-refractivity contribution in [3.63, 3.8) is 0 Å². The molecule has 2 heterocycles. The van der Waals surface area contributed by atoms with Gasteiger partial charge in [0.25, 0.3) is 5.91 Å². The summed E-state index contributed by atoms with van der Waals surface area (Å²) < 4.78 is 33.6. The van der Waals surface area contributed by atoms with Gasteiger partial charge in [-0.05, 0) is 48.6 Å². The minimum Gasteiger partial charge on any atom is -0.451 e. The molecule has 0 spiro atoms. The first-order valence-electron chi connectivity index (χ1n) is 11.9. The lowest BCUT2D eigenvalue weighted by Crippen LogP contribution is -2.50. The number of hydrogen-bond acceptors (Lipinski definition) is 6. The molecule has 1 aliphatic heterocycles. The number of ether oxygens (including phenoxy) is 1. The summed E-state index contributed by atoms with van der Waals surface area (Å²) in [5.74, 6) is -1.17. The van der Waals surface area contributed by atoms with Crippen LogP contribution in [-0.2, 0) is 37.3 Å². The molecule has 0 aliphatic carbocycles. The van der Waals surface area contributed by atoms with Crippen LogP contribution in [0.2, 0.25) is 0 Å². The molecule has 1 saturated heterocycles. The third kappa shape index (κ3) is 6.35. The van der Waals surface area contributed by atoms with E-state index in [0.29, 0.717) is 19.3 Å². The molecule has 1 aliphatic rings. The minimum atomic E-state index is -3.89. The van der Waals surface area contributed by atoms with Crippen molar-refractivity contribution in [1.82, 2.24) is 14.6 Å². The van der Waals surface area contributed by atoms with Gasteiger partial charge in [0.05, 0.1) is 4.90 Å². The van der Waals surface area contributed by atoms with Crippen molar-refractivity contribution in [2.24, 2.45) is 0 Å². The molecule has 3 aromatic rings. The van der Waals surface area contributed by atoms with Crippen molar-refractivity contribution in [2.45, 2.75) is 49.3 Å². The summed E-state index contributed by atoms with van der Waals surface area (Å²) in [5, 5.41) is 2.81. The fourth-order valence-electron chi connectivity index (χ4n) is 4.20. The summed E-state index contributed by atoms with van der Waals surface area (Å²) in [4.78, 5) is 30.6. The molecule has 1 fully saturated rings. The summed E-state index contributed by atoms with van der Waals surface area (Å²) in [6, 6.07) is 19.9. The molecule has 2 atom stereocenters. The number of amides is 1. The van der Waals surface area contributed by atoms with Crippen molar-refractivity contribution >= 4 is 21.9 Å². The van der Waals surface area contributed by atoms with Crippen LogP contribution in [0.4, 0.5) is 0 Å². The number of benzene rings is 2. The predicted molar refractivity (Wildman–Crippen MR) is 134 cm³/mol. The minimum absolute atomic E-state index is 0.125. The summed E-state index contributed by atoms with van der Waals surface area (Å²) in [6.45, 7) is 0.445. The molecule has 4 rings (SSSR count). The lowest BCUT2D eigenvalue weighted by atomic mass is 10.0. The lowest BCUT2D eigenvalue weighted by Gasteiger charge is -2.33. The van der Waals surface area contributed by atoms with E-state index in [-0.39, 0.29) is 24.4 Å². The number of carbonyl (C=O) groups excluding carboxylic acids is 2. The van der Waals surface area contributed by atoms with Crippen LogP contribution in [0.5, 0.6) is 0 Å². The number of hydrogen-bond donors (Lipinski definition) is 1. The van der Waals surface area contributed by atoms with Gasteiger partial charge in [-0.3, -0.25) is 14.6 Å². The number of nitrogens with one attached hydrogen (secondary N) is 1. The van der Waals surface area contributed by atoms with Gasteiger partial charge in [-0.25, -0.2) is 8.42 Å². The number of esters is 1. The van der Waals surface area contributed by atoms with Crippen LogP contribution in [-0.4, -0.2) is 48.3 Å². The molecule has 1 N–H and O–H groups in total. The smallest absolute Gasteiger partial charge is 0.325 e. The maximum atomic E-state index is 13.3. The highest BCUT2D eigenvalue weighted by Gasteiger charge is 2.40. The first-order valence-corrected chi connectivity index (χ1v) is 13.4. The van der Waals surface area contributed by atoms with Gasteiger partial charge in [-0.2, -0.15) is 4.31 Å². The van der Waals surface area contributed by atoms with Crippen LogP contribution in [0.3, 0.4) is 0 Å². The van der Waals surface area contributed by atoms with Crippen LogP contribution in [0.1, 0.15) is 30.4 Å². The molecule has 9 heteroatoms. The zero-order chi connectivity index (χ0) is 25.4. The van der Waals surface area contributed by atoms with Crippen LogP contribution in [0.15, 0.2) is 90.1 Å². The Labute approximate surface area is 211 Å². The number of aromatic nitrogens is 1. The number of rotatable bonds is 9. The molecule has 0 unspecified atom stereocenters. The van der Waals surface area contributed by atoms with Gasteiger partial charge in [0, 0.05) is 31.9 Å². The molecule has 0 saturated carbocycles. The van der Waals surface area contributed by atoms with E-state index in [9.17, 15) is 18.0 Å². The number of sulfonamides is 1. The maximum absolute atomic E-state index is 13.3. The highest BCUT2D eigenvalue weighted by atomic mass is 32.2. The van der Waals surface area contributed by atoms with Gasteiger partial charge >= 0.3 is 5.97 Å². The Hall–Kier alpha value is -3.56. The van der Waals surface area contributed by atoms with Crippen LogP contribution in [0, 0.1) is 0 Å². The molecule has 0 radical (unpaired) electrons. The Balaban J connectivity index is 1.52. The molecule has 36 heavy (non-hydrogen) atoms. The summed E-state index contributed by atoms with van der Waals surface area (Å²) in [5.41, 5.74) is 1.63. The highest BCUT2D eigenvalue weighted by Crippen LogP contribution is 2.26. The Kier molecular flexibility index (Phi) is 8.45. The Morgan fingerprint density at radius 2 is 1.67 bits per heavy atom. The number of nitrogens with zero attached hydrogens (tertiary/aromatic N) is 2. The summed E-state index contributed by atoms with van der Waals surface area (Å²) in [6.07, 6.45) is 4.02. The average Bonchev–Trinajstić information content (AvgIpc) is 2.93. The average molecular weight is 508 g/mol. The fourth-order valence-corrected chi connectivity index (χ4v) is 5.86. The largest absolute Gasteiger partial charge is 0.451 e. The van der Waals surface area contributed by atoms with Crippen molar-refractivity contribution in [3.05, 3.63) is 96.3 Å². The lowest BCUT2D eigenvalue weighted by molar-refractivity contribution is -0.160. The predicted octanol–water partition coefficient (Wildman–Crippen LogP) is 3.10. The number of piperidine rings is 1. The number of carbonyl (C=O) groups is 2. The van der Waals surface area contributed by atoms with Crippen LogP contribution >= 0.6 is 0 Å². The second-order valence-electron chi connectivity index (χ2n) is 8.63.